The topological polar surface area (TPSA) is 60.2 Å². The van der Waals surface area contributed by atoms with Crippen LogP contribution >= 0.6 is 0 Å². The van der Waals surface area contributed by atoms with Crippen molar-refractivity contribution in [3.05, 3.63) is 11.7 Å². The molecule has 1 N–H and O–H groups in total. The number of nitrogens with one attached hydrogen (secondary N) is 1. The minimum absolute atomic E-state index is 0.304. The maximum Gasteiger partial charge on any atom is 0.246 e. The molecule has 0 spiro atoms. The lowest BCUT2D eigenvalue weighted by molar-refractivity contribution is -0.0777. The van der Waals surface area contributed by atoms with Gasteiger partial charge in [-0.1, -0.05) is 31.3 Å². The van der Waals surface area contributed by atoms with Crippen LogP contribution in [0.4, 0.5) is 0 Å². The Hall–Kier alpha value is -0.940. The van der Waals surface area contributed by atoms with Crippen molar-refractivity contribution in [1.29, 1.82) is 0 Å². The Labute approximate surface area is 121 Å². The van der Waals surface area contributed by atoms with Crippen molar-refractivity contribution in [2.45, 2.75) is 70.9 Å². The second kappa shape index (κ2) is 6.22. The molecule has 0 aromatic carbocycles. The van der Waals surface area contributed by atoms with Gasteiger partial charge in [-0.25, -0.2) is 0 Å². The fourth-order valence-electron chi connectivity index (χ4n) is 3.01. The number of rotatable bonds is 6. The third-order valence-corrected chi connectivity index (χ3v) is 4.07. The molecule has 5 heteroatoms. The normalized spacial score (nSPS) is 19.2. The Balaban J connectivity index is 2.25. The molecule has 1 saturated carbocycles. The fourth-order valence-corrected chi connectivity index (χ4v) is 3.01. The third-order valence-electron chi connectivity index (χ3n) is 4.07. The maximum atomic E-state index is 6.04. The highest BCUT2D eigenvalue weighted by Gasteiger charge is 2.40. The van der Waals surface area contributed by atoms with Gasteiger partial charge in [-0.2, -0.15) is 4.98 Å². The van der Waals surface area contributed by atoms with Gasteiger partial charge in [0, 0.05) is 6.61 Å². The molecule has 0 saturated heterocycles. The molecule has 1 aliphatic rings. The predicted molar refractivity (Wildman–Crippen MR) is 77.4 cm³/mol. The molecule has 2 rings (SSSR count). The van der Waals surface area contributed by atoms with Crippen LogP contribution in [0.1, 0.15) is 71.5 Å². The van der Waals surface area contributed by atoms with Crippen LogP contribution in [0.3, 0.4) is 0 Å². The van der Waals surface area contributed by atoms with Crippen LogP contribution in [0.15, 0.2) is 4.52 Å². The van der Waals surface area contributed by atoms with Gasteiger partial charge in [0.1, 0.15) is 5.60 Å². The Morgan fingerprint density at radius 2 is 1.95 bits per heavy atom. The van der Waals surface area contributed by atoms with Gasteiger partial charge in [-0.15, -0.1) is 0 Å². The Morgan fingerprint density at radius 3 is 2.55 bits per heavy atom. The van der Waals surface area contributed by atoms with Crippen LogP contribution < -0.4 is 5.32 Å². The molecule has 20 heavy (non-hydrogen) atoms. The molecule has 0 bridgehead atoms. The molecular weight excluding hydrogens is 254 g/mol. The summed E-state index contributed by atoms with van der Waals surface area (Å²) < 4.78 is 11.5. The lowest BCUT2D eigenvalue weighted by Gasteiger charge is -2.34. The molecule has 0 atom stereocenters. The highest BCUT2D eigenvalue weighted by Crippen LogP contribution is 2.39. The number of hydrogen-bond donors (Lipinski definition) is 1. The van der Waals surface area contributed by atoms with E-state index in [2.05, 4.69) is 36.2 Å². The summed E-state index contributed by atoms with van der Waals surface area (Å²) in [6.07, 6.45) is 5.58. The van der Waals surface area contributed by atoms with Crippen molar-refractivity contribution in [3.8, 4) is 0 Å². The van der Waals surface area contributed by atoms with Crippen LogP contribution in [0, 0.1) is 0 Å². The van der Waals surface area contributed by atoms with Crippen molar-refractivity contribution in [1.82, 2.24) is 15.5 Å². The average Bonchev–Trinajstić information content (AvgIpc) is 2.91. The summed E-state index contributed by atoms with van der Waals surface area (Å²) in [5.74, 6) is 1.36. The highest BCUT2D eigenvalue weighted by atomic mass is 16.5. The van der Waals surface area contributed by atoms with Crippen molar-refractivity contribution in [2.24, 2.45) is 0 Å². The number of ether oxygens (including phenoxy) is 1. The summed E-state index contributed by atoms with van der Waals surface area (Å²) in [6, 6.07) is 0. The van der Waals surface area contributed by atoms with Crippen molar-refractivity contribution in [2.75, 3.05) is 13.2 Å². The molecule has 1 aromatic rings. The van der Waals surface area contributed by atoms with Gasteiger partial charge in [0.25, 0.3) is 0 Å². The number of aromatic nitrogens is 2. The van der Waals surface area contributed by atoms with E-state index < -0.39 is 0 Å². The lowest BCUT2D eigenvalue weighted by atomic mass is 9.84. The quantitative estimate of drug-likeness (QED) is 0.868. The molecule has 5 nitrogen and oxygen atoms in total. The van der Waals surface area contributed by atoms with E-state index >= 15 is 0 Å². The molecule has 114 valence electrons. The zero-order valence-corrected chi connectivity index (χ0v) is 13.2. The van der Waals surface area contributed by atoms with Crippen LogP contribution in [-0.4, -0.2) is 23.3 Å². The summed E-state index contributed by atoms with van der Waals surface area (Å²) in [5, 5.41) is 7.59. The van der Waals surface area contributed by atoms with Gasteiger partial charge >= 0.3 is 0 Å². The number of nitrogens with zero attached hydrogens (tertiary/aromatic N) is 2. The lowest BCUT2D eigenvalue weighted by Crippen LogP contribution is -2.37. The molecule has 0 unspecified atom stereocenters. The zero-order valence-electron chi connectivity index (χ0n) is 13.2. The Morgan fingerprint density at radius 1 is 1.25 bits per heavy atom. The van der Waals surface area contributed by atoms with E-state index in [1.807, 2.05) is 6.92 Å². The van der Waals surface area contributed by atoms with Crippen LogP contribution in [0.25, 0.3) is 0 Å². The van der Waals surface area contributed by atoms with E-state index in [1.165, 1.54) is 19.3 Å². The molecule has 0 amide bonds. The van der Waals surface area contributed by atoms with E-state index in [0.717, 1.165) is 25.2 Å². The van der Waals surface area contributed by atoms with E-state index in [4.69, 9.17) is 9.26 Å². The van der Waals surface area contributed by atoms with Gasteiger partial charge in [0.05, 0.1) is 5.54 Å². The smallest absolute Gasteiger partial charge is 0.246 e. The largest absolute Gasteiger partial charge is 0.367 e. The monoisotopic (exact) mass is 281 g/mol. The number of hydrogen-bond acceptors (Lipinski definition) is 5. The first-order valence-corrected chi connectivity index (χ1v) is 7.78. The van der Waals surface area contributed by atoms with E-state index in [9.17, 15) is 0 Å². The van der Waals surface area contributed by atoms with E-state index in [0.29, 0.717) is 12.5 Å². The average molecular weight is 281 g/mol. The van der Waals surface area contributed by atoms with Crippen molar-refractivity contribution < 1.29 is 9.26 Å². The molecule has 0 aliphatic heterocycles. The molecular formula is C15H27N3O2. The van der Waals surface area contributed by atoms with E-state index in [-0.39, 0.29) is 11.1 Å². The summed E-state index contributed by atoms with van der Waals surface area (Å²) in [4.78, 5) is 4.65. The molecule has 1 aromatic heterocycles. The SMILES string of the molecule is CCNC(C)(C)c1nc(C2(OCC)CCCCC2)no1. The first-order valence-electron chi connectivity index (χ1n) is 7.78. The van der Waals surface area contributed by atoms with Gasteiger partial charge in [0.15, 0.2) is 0 Å². The van der Waals surface area contributed by atoms with Crippen molar-refractivity contribution >= 4 is 0 Å². The maximum absolute atomic E-state index is 6.04. The van der Waals surface area contributed by atoms with Gasteiger partial charge in [0.2, 0.25) is 11.7 Å². The molecule has 1 heterocycles. The molecule has 1 aliphatic carbocycles. The highest BCUT2D eigenvalue weighted by molar-refractivity contribution is 5.07. The first-order chi connectivity index (χ1) is 9.54. The van der Waals surface area contributed by atoms with Crippen LogP contribution in [0.2, 0.25) is 0 Å². The van der Waals surface area contributed by atoms with Gasteiger partial charge < -0.3 is 14.6 Å². The summed E-state index contributed by atoms with van der Waals surface area (Å²) in [6.45, 7) is 9.76. The third kappa shape index (κ3) is 3.04. The van der Waals surface area contributed by atoms with Gasteiger partial charge in [-0.3, -0.25) is 0 Å². The second-order valence-electron chi connectivity index (χ2n) is 6.07. The minimum Gasteiger partial charge on any atom is -0.367 e. The Kier molecular flexibility index (Phi) is 4.81. The van der Waals surface area contributed by atoms with Crippen LogP contribution in [-0.2, 0) is 15.9 Å². The van der Waals surface area contributed by atoms with Crippen molar-refractivity contribution in [3.63, 3.8) is 0 Å². The Bertz CT molecular complexity index is 417. The fraction of sp³-hybridized carbons (Fsp3) is 0.867. The summed E-state index contributed by atoms with van der Waals surface area (Å²) in [5.41, 5.74) is -0.640. The molecule has 0 radical (unpaired) electrons. The molecule has 1 fully saturated rings. The van der Waals surface area contributed by atoms with E-state index in [1.54, 1.807) is 0 Å². The van der Waals surface area contributed by atoms with Gasteiger partial charge in [-0.05, 0) is 40.2 Å². The first kappa shape index (κ1) is 15.4. The summed E-state index contributed by atoms with van der Waals surface area (Å²) in [7, 11) is 0. The van der Waals surface area contributed by atoms with Crippen LogP contribution in [0.5, 0.6) is 0 Å². The second-order valence-corrected chi connectivity index (χ2v) is 6.07. The summed E-state index contributed by atoms with van der Waals surface area (Å²) >= 11 is 0. The zero-order chi connectivity index (χ0) is 14.6. The minimum atomic E-state index is -0.336. The standard InChI is InChI=1S/C15H27N3O2/c1-5-16-14(3,4)13-17-12(18-20-13)15(19-6-2)10-8-7-9-11-15/h16H,5-11H2,1-4H3. The predicted octanol–water partition coefficient (Wildman–Crippen LogP) is 3.11.